The summed E-state index contributed by atoms with van der Waals surface area (Å²) in [4.78, 5) is 131. The summed E-state index contributed by atoms with van der Waals surface area (Å²) in [6.07, 6.45) is 15.9. The summed E-state index contributed by atoms with van der Waals surface area (Å²) in [5.41, 5.74) is 10.9. The molecule has 0 bridgehead atoms. The van der Waals surface area contributed by atoms with Crippen LogP contribution in [-0.2, 0) is 47.9 Å². The summed E-state index contributed by atoms with van der Waals surface area (Å²) < 4.78 is 0. The van der Waals surface area contributed by atoms with Crippen LogP contribution in [0.1, 0.15) is 103 Å². The van der Waals surface area contributed by atoms with E-state index in [0.717, 1.165) is 38.4 Å². The van der Waals surface area contributed by atoms with Gasteiger partial charge in [0.15, 0.2) is 0 Å². The molecule has 0 aromatic heterocycles. The van der Waals surface area contributed by atoms with Crippen molar-refractivity contribution in [3.8, 4) is 0 Å². The second kappa shape index (κ2) is 39.6. The highest BCUT2D eigenvalue weighted by atomic mass is 16.4. The summed E-state index contributed by atoms with van der Waals surface area (Å²) in [6, 6.07) is -3.65. The lowest BCUT2D eigenvalue weighted by atomic mass is 10.1. The Labute approximate surface area is 424 Å². The Morgan fingerprint density at radius 1 is 0.583 bits per heavy atom. The Balaban J connectivity index is 2.84. The van der Waals surface area contributed by atoms with E-state index in [4.69, 9.17) is 11.5 Å². The molecule has 406 valence electrons. The predicted octanol–water partition coefficient (Wildman–Crippen LogP) is -0.597. The van der Waals surface area contributed by atoms with Crippen molar-refractivity contribution >= 4 is 59.6 Å². The molecule has 7 amide bonds. The molecule has 1 rings (SSSR count). The standard InChI is InChI=1S/C49H83N11O12/c1-3-5-7-8-9-12-17-38(47(68)56-39(48(69)70)18-15-16-24-53-44(65)20-14-11-10-13-19-43(64)52-23-6-4-2)55-46(67)35-54-45(66)22-21-40(49(71)72)60-31-29-57(33-34-61)25-26-58(36-41(50)62)27-28-59(30-32-60)37-42(51)63/h3,5,7-9,34,38-40H,1,4,6,10-33,35-37H2,2H3,(H2,50,62)(H2,51,63)(H,52,64)(H,53,65)(H,54,66)(H,55,67)(H,56,68)(H,69,70)(H,71,72)/b7-5-,9-8-. The van der Waals surface area contributed by atoms with Crippen LogP contribution < -0.4 is 38.1 Å². The molecule has 0 radical (unpaired) electrons. The first kappa shape index (κ1) is 64.0. The van der Waals surface area contributed by atoms with Gasteiger partial charge < -0.3 is 53.1 Å². The fourth-order valence-corrected chi connectivity index (χ4v) is 7.74. The Hall–Kier alpha value is -6.04. The number of allylic oxidation sites excluding steroid dienone is 5. The summed E-state index contributed by atoms with van der Waals surface area (Å²) in [5.74, 6) is -5.85. The van der Waals surface area contributed by atoms with Crippen LogP contribution >= 0.6 is 0 Å². The molecule has 23 nitrogen and oxygen atoms in total. The van der Waals surface area contributed by atoms with E-state index in [0.29, 0.717) is 77.8 Å². The van der Waals surface area contributed by atoms with E-state index in [1.165, 1.54) is 0 Å². The van der Waals surface area contributed by atoms with Gasteiger partial charge in [0.2, 0.25) is 41.4 Å². The van der Waals surface area contributed by atoms with Gasteiger partial charge in [0.25, 0.3) is 0 Å². The van der Waals surface area contributed by atoms with Crippen LogP contribution in [-0.4, -0.2) is 199 Å². The minimum Gasteiger partial charge on any atom is -0.480 e. The van der Waals surface area contributed by atoms with E-state index in [1.54, 1.807) is 45.1 Å². The molecule has 11 N–H and O–H groups in total. The zero-order chi connectivity index (χ0) is 53.5. The van der Waals surface area contributed by atoms with Crippen LogP contribution in [0.3, 0.4) is 0 Å². The average Bonchev–Trinajstić information content (AvgIpc) is 3.32. The lowest BCUT2D eigenvalue weighted by molar-refractivity contribution is -0.144. The highest BCUT2D eigenvalue weighted by Gasteiger charge is 2.29. The van der Waals surface area contributed by atoms with E-state index >= 15 is 0 Å². The van der Waals surface area contributed by atoms with Crippen molar-refractivity contribution in [2.75, 3.05) is 91.6 Å². The van der Waals surface area contributed by atoms with Gasteiger partial charge >= 0.3 is 11.9 Å². The molecule has 72 heavy (non-hydrogen) atoms. The Morgan fingerprint density at radius 2 is 1.14 bits per heavy atom. The maximum absolute atomic E-state index is 13.5. The van der Waals surface area contributed by atoms with Crippen LogP contribution in [0.2, 0.25) is 0 Å². The van der Waals surface area contributed by atoms with Crippen molar-refractivity contribution in [3.63, 3.8) is 0 Å². The quantitative estimate of drug-likeness (QED) is 0.0213. The van der Waals surface area contributed by atoms with Gasteiger partial charge in [0.1, 0.15) is 24.4 Å². The van der Waals surface area contributed by atoms with Gasteiger partial charge in [0.05, 0.1) is 26.2 Å². The molecule has 0 aromatic rings. The van der Waals surface area contributed by atoms with Crippen molar-refractivity contribution in [1.82, 2.24) is 46.2 Å². The number of nitrogens with one attached hydrogen (secondary N) is 5. The fourth-order valence-electron chi connectivity index (χ4n) is 7.74. The normalized spacial score (nSPS) is 15.8. The molecule has 1 aliphatic heterocycles. The van der Waals surface area contributed by atoms with Crippen LogP contribution in [0.25, 0.3) is 0 Å². The second-order valence-electron chi connectivity index (χ2n) is 17.8. The van der Waals surface area contributed by atoms with Gasteiger partial charge in [-0.2, -0.15) is 0 Å². The van der Waals surface area contributed by atoms with Gasteiger partial charge in [-0.05, 0) is 57.8 Å². The minimum atomic E-state index is -1.29. The molecule has 0 aromatic carbocycles. The van der Waals surface area contributed by atoms with Crippen molar-refractivity contribution in [3.05, 3.63) is 37.0 Å². The molecule has 1 heterocycles. The minimum absolute atomic E-state index is 0.0376. The largest absolute Gasteiger partial charge is 0.480 e. The van der Waals surface area contributed by atoms with E-state index < -0.39 is 66.1 Å². The van der Waals surface area contributed by atoms with Crippen LogP contribution in [0.4, 0.5) is 0 Å². The second-order valence-corrected chi connectivity index (χ2v) is 17.8. The highest BCUT2D eigenvalue weighted by Crippen LogP contribution is 2.12. The molecule has 23 heteroatoms. The number of unbranched alkanes of at least 4 members (excludes halogenated alkanes) is 5. The van der Waals surface area contributed by atoms with Gasteiger partial charge in [-0.1, -0.05) is 63.1 Å². The monoisotopic (exact) mass is 1020 g/mol. The topological polar surface area (TPSA) is 336 Å². The zero-order valence-electron chi connectivity index (χ0n) is 42.3. The smallest absolute Gasteiger partial charge is 0.326 e. The number of primary amides is 2. The maximum Gasteiger partial charge on any atom is 0.326 e. The predicted molar refractivity (Wildman–Crippen MR) is 271 cm³/mol. The third-order valence-corrected chi connectivity index (χ3v) is 11.8. The molecule has 0 saturated carbocycles. The number of nitrogens with two attached hydrogens (primary N) is 2. The molecule has 3 atom stereocenters. The Kier molecular flexibility index (Phi) is 35.2. The van der Waals surface area contributed by atoms with Gasteiger partial charge in [-0.15, -0.1) is 0 Å². The molecular weight excluding hydrogens is 935 g/mol. The summed E-state index contributed by atoms with van der Waals surface area (Å²) >= 11 is 0. The summed E-state index contributed by atoms with van der Waals surface area (Å²) in [6.45, 7) is 8.17. The van der Waals surface area contributed by atoms with Crippen molar-refractivity contribution in [2.45, 2.75) is 121 Å². The number of aliphatic carboxylic acids is 2. The molecule has 3 unspecified atom stereocenters. The third kappa shape index (κ3) is 32.0. The number of nitrogens with zero attached hydrogens (tertiary/aromatic N) is 4. The van der Waals surface area contributed by atoms with E-state index in [9.17, 15) is 58.2 Å². The third-order valence-electron chi connectivity index (χ3n) is 11.8. The summed E-state index contributed by atoms with van der Waals surface area (Å²) in [7, 11) is 0. The van der Waals surface area contributed by atoms with E-state index in [2.05, 4.69) is 40.1 Å². The van der Waals surface area contributed by atoms with Gasteiger partial charge in [-0.3, -0.25) is 58.0 Å². The zero-order valence-corrected chi connectivity index (χ0v) is 42.3. The number of carboxylic acid groups (broad SMARTS) is 2. The number of hydrogen-bond donors (Lipinski definition) is 9. The average molecular weight is 1020 g/mol. The first-order chi connectivity index (χ1) is 34.5. The molecule has 1 fully saturated rings. The van der Waals surface area contributed by atoms with Crippen LogP contribution in [0.5, 0.6) is 0 Å². The number of hydrogen-bond acceptors (Lipinski definition) is 14. The number of carbonyl (C=O) groups excluding carboxylic acids is 8. The SMILES string of the molecule is C=C/C=C\C=C/CCC(NC(=O)CNC(=O)CCC(C(=O)O)N1CCN(CC=O)CCN(CC(N)=O)CCN(CC(N)=O)CC1)C(=O)NC(CCCCNC(=O)CCCCCCC(=O)NCCCC)C(=O)O. The van der Waals surface area contributed by atoms with E-state index in [-0.39, 0.29) is 83.3 Å². The lowest BCUT2D eigenvalue weighted by Gasteiger charge is -2.35. The molecule has 0 aliphatic carbocycles. The van der Waals surface area contributed by atoms with Crippen molar-refractivity contribution < 1.29 is 58.2 Å². The fraction of sp³-hybridized carbons (Fsp3) is 0.673. The van der Waals surface area contributed by atoms with Crippen LogP contribution in [0.15, 0.2) is 37.0 Å². The van der Waals surface area contributed by atoms with Gasteiger partial charge in [0, 0.05) is 84.7 Å². The number of aldehydes is 1. The molecule has 0 spiro atoms. The van der Waals surface area contributed by atoms with Crippen molar-refractivity contribution in [1.29, 1.82) is 0 Å². The maximum atomic E-state index is 13.5. The first-order valence-corrected chi connectivity index (χ1v) is 25.2. The Morgan fingerprint density at radius 3 is 1.68 bits per heavy atom. The first-order valence-electron chi connectivity index (χ1n) is 25.2. The highest BCUT2D eigenvalue weighted by molar-refractivity contribution is 5.92. The Bertz CT molecular complexity index is 1780. The number of carbonyl (C=O) groups is 10. The number of carboxylic acids is 2. The molecular formula is C49H83N11O12. The summed E-state index contributed by atoms with van der Waals surface area (Å²) in [5, 5.41) is 33.5. The number of amides is 7. The van der Waals surface area contributed by atoms with Crippen molar-refractivity contribution in [2.24, 2.45) is 11.5 Å². The lowest BCUT2D eigenvalue weighted by Crippen LogP contribution is -2.53. The van der Waals surface area contributed by atoms with E-state index in [1.807, 2.05) is 4.90 Å². The van der Waals surface area contributed by atoms with Crippen LogP contribution in [0, 0.1) is 0 Å². The molecule has 1 aliphatic rings. The number of rotatable bonds is 37. The molecule has 1 saturated heterocycles. The van der Waals surface area contributed by atoms with Gasteiger partial charge in [-0.25, -0.2) is 4.79 Å².